The Balaban J connectivity index is 2.14. The molecule has 3 N–H and O–H groups in total. The number of fused-ring (bicyclic) bond motifs is 1. The quantitative estimate of drug-likeness (QED) is 0.588. The molecule has 3 aromatic rings. The summed E-state index contributed by atoms with van der Waals surface area (Å²) in [6, 6.07) is 9.82. The van der Waals surface area contributed by atoms with Crippen LogP contribution in [0.5, 0.6) is 0 Å². The molecule has 2 aromatic heterocycles. The van der Waals surface area contributed by atoms with Crippen molar-refractivity contribution in [1.82, 2.24) is 18.7 Å². The smallest absolute Gasteiger partial charge is 0.332 e. The molecule has 0 saturated carbocycles. The molecule has 9 nitrogen and oxygen atoms in total. The Morgan fingerprint density at radius 2 is 1.86 bits per heavy atom. The number of aromatic nitrogens is 4. The molecule has 3 rings (SSSR count). The van der Waals surface area contributed by atoms with E-state index < -0.39 is 23.7 Å². The fourth-order valence-electron chi connectivity index (χ4n) is 3.18. The van der Waals surface area contributed by atoms with Crippen molar-refractivity contribution < 1.29 is 4.79 Å². The van der Waals surface area contributed by atoms with Gasteiger partial charge in [-0.3, -0.25) is 14.2 Å². The number of carbonyl (C=O) groups is 1. The predicted molar refractivity (Wildman–Crippen MR) is 112 cm³/mol. The largest absolute Gasteiger partial charge is 0.368 e. The van der Waals surface area contributed by atoms with Gasteiger partial charge in [0.05, 0.1) is 0 Å². The lowest BCUT2D eigenvalue weighted by atomic mass is 10.1. The molecule has 0 unspecified atom stereocenters. The normalized spacial score (nSPS) is 11.3. The van der Waals surface area contributed by atoms with Crippen LogP contribution >= 0.6 is 0 Å². The molecule has 29 heavy (non-hydrogen) atoms. The summed E-state index contributed by atoms with van der Waals surface area (Å²) in [5, 5.41) is 3.27. The van der Waals surface area contributed by atoms with Gasteiger partial charge in [0.15, 0.2) is 11.2 Å². The maximum absolute atomic E-state index is 13.0. The highest BCUT2D eigenvalue weighted by Crippen LogP contribution is 2.18. The molecule has 154 valence electrons. The van der Waals surface area contributed by atoms with Gasteiger partial charge in [-0.05, 0) is 17.9 Å². The molecule has 0 fully saturated rings. The van der Waals surface area contributed by atoms with Crippen LogP contribution in [-0.2, 0) is 31.5 Å². The maximum Gasteiger partial charge on any atom is 0.332 e. The molecule has 1 aromatic carbocycles. The van der Waals surface area contributed by atoms with Crippen LogP contribution in [0.25, 0.3) is 11.2 Å². The van der Waals surface area contributed by atoms with Crippen LogP contribution in [0, 0.1) is 5.92 Å². The standard InChI is InChI=1S/C20H26N6O3/c1-13(2)9-10-25-16-17(23-19(25)22-11-14-7-5-4-6-8-14)24(3)20(29)26(18(16)28)12-15(21)27/h4-8,13H,9-12H2,1-3H3,(H2,21,27)(H,22,23). The number of aryl methyl sites for hydroxylation is 2. The first-order valence-corrected chi connectivity index (χ1v) is 9.55. The Kier molecular flexibility index (Phi) is 5.86. The second-order valence-corrected chi connectivity index (χ2v) is 7.48. The van der Waals surface area contributed by atoms with E-state index in [0.717, 1.165) is 16.6 Å². The summed E-state index contributed by atoms with van der Waals surface area (Å²) in [5.41, 5.74) is 5.67. The van der Waals surface area contributed by atoms with E-state index >= 15 is 0 Å². The molecule has 0 saturated heterocycles. The summed E-state index contributed by atoms with van der Waals surface area (Å²) in [6.07, 6.45) is 0.823. The Labute approximate surface area is 167 Å². The van der Waals surface area contributed by atoms with Crippen molar-refractivity contribution in [1.29, 1.82) is 0 Å². The van der Waals surface area contributed by atoms with Crippen LogP contribution in [0.4, 0.5) is 5.95 Å². The third-order valence-electron chi connectivity index (χ3n) is 4.77. The highest BCUT2D eigenvalue weighted by molar-refractivity contribution is 5.76. The minimum Gasteiger partial charge on any atom is -0.368 e. The highest BCUT2D eigenvalue weighted by Gasteiger charge is 2.21. The lowest BCUT2D eigenvalue weighted by molar-refractivity contribution is -0.118. The van der Waals surface area contributed by atoms with Crippen molar-refractivity contribution in [3.8, 4) is 0 Å². The molecule has 0 spiro atoms. The monoisotopic (exact) mass is 398 g/mol. The zero-order valence-corrected chi connectivity index (χ0v) is 16.9. The van der Waals surface area contributed by atoms with Gasteiger partial charge < -0.3 is 15.6 Å². The molecule has 0 aliphatic rings. The molecule has 0 radical (unpaired) electrons. The number of nitrogens with zero attached hydrogens (tertiary/aromatic N) is 4. The SMILES string of the molecule is CC(C)CCn1c(NCc2ccccc2)nc2c1c(=O)n(CC(N)=O)c(=O)n2C. The molecular weight excluding hydrogens is 372 g/mol. The Hall–Kier alpha value is -3.36. The molecule has 0 aliphatic carbocycles. The minimum absolute atomic E-state index is 0.278. The molecule has 1 amide bonds. The number of primary amides is 1. The number of anilines is 1. The zero-order chi connectivity index (χ0) is 21.1. The van der Waals surface area contributed by atoms with E-state index in [2.05, 4.69) is 24.1 Å². The number of benzene rings is 1. The summed E-state index contributed by atoms with van der Waals surface area (Å²) in [6.45, 7) is 4.79. The molecule has 0 atom stereocenters. The number of hydrogen-bond acceptors (Lipinski definition) is 5. The van der Waals surface area contributed by atoms with Crippen molar-refractivity contribution in [2.45, 2.75) is 39.9 Å². The Bertz CT molecular complexity index is 1140. The van der Waals surface area contributed by atoms with Gasteiger partial charge >= 0.3 is 5.69 Å². The van der Waals surface area contributed by atoms with Crippen LogP contribution in [0.2, 0.25) is 0 Å². The van der Waals surface area contributed by atoms with E-state index in [4.69, 9.17) is 5.73 Å². The Morgan fingerprint density at radius 3 is 2.48 bits per heavy atom. The fraction of sp³-hybridized carbons (Fsp3) is 0.400. The number of carbonyl (C=O) groups excluding carboxylic acids is 1. The lowest BCUT2D eigenvalue weighted by Gasteiger charge is -2.12. The second kappa shape index (κ2) is 8.34. The van der Waals surface area contributed by atoms with Crippen molar-refractivity contribution in [2.75, 3.05) is 5.32 Å². The summed E-state index contributed by atoms with van der Waals surface area (Å²) in [4.78, 5) is 41.5. The van der Waals surface area contributed by atoms with Crippen molar-refractivity contribution in [3.05, 3.63) is 56.7 Å². The molecule has 0 bridgehead atoms. The van der Waals surface area contributed by atoms with Crippen LogP contribution in [0.3, 0.4) is 0 Å². The topological polar surface area (TPSA) is 117 Å². The number of imidazole rings is 1. The van der Waals surface area contributed by atoms with Crippen molar-refractivity contribution >= 4 is 23.0 Å². The Morgan fingerprint density at radius 1 is 1.17 bits per heavy atom. The van der Waals surface area contributed by atoms with Crippen LogP contribution in [-0.4, -0.2) is 24.6 Å². The first kappa shape index (κ1) is 20.4. The van der Waals surface area contributed by atoms with Gasteiger partial charge in [-0.2, -0.15) is 4.98 Å². The van der Waals surface area contributed by atoms with E-state index in [1.54, 1.807) is 4.57 Å². The maximum atomic E-state index is 13.0. The van der Waals surface area contributed by atoms with Gasteiger partial charge in [-0.15, -0.1) is 0 Å². The third kappa shape index (κ3) is 4.23. The first-order valence-electron chi connectivity index (χ1n) is 9.55. The van der Waals surface area contributed by atoms with Crippen LogP contribution in [0.15, 0.2) is 39.9 Å². The summed E-state index contributed by atoms with van der Waals surface area (Å²) >= 11 is 0. The van der Waals surface area contributed by atoms with E-state index in [1.165, 1.54) is 11.6 Å². The van der Waals surface area contributed by atoms with E-state index in [0.29, 0.717) is 25.0 Å². The van der Waals surface area contributed by atoms with Gasteiger partial charge in [-0.25, -0.2) is 9.36 Å². The number of nitrogens with two attached hydrogens (primary N) is 1. The average Bonchev–Trinajstić information content (AvgIpc) is 3.05. The van der Waals surface area contributed by atoms with Crippen molar-refractivity contribution in [3.63, 3.8) is 0 Å². The zero-order valence-electron chi connectivity index (χ0n) is 16.9. The number of amides is 1. The molecular formula is C20H26N6O3. The van der Waals surface area contributed by atoms with E-state index in [1.807, 2.05) is 30.3 Å². The number of rotatable bonds is 8. The minimum atomic E-state index is -0.751. The fourth-order valence-corrected chi connectivity index (χ4v) is 3.18. The van der Waals surface area contributed by atoms with Gasteiger partial charge in [0.2, 0.25) is 11.9 Å². The third-order valence-corrected chi connectivity index (χ3v) is 4.77. The predicted octanol–water partition coefficient (Wildman–Crippen LogP) is 1.04. The van der Waals surface area contributed by atoms with Crippen molar-refractivity contribution in [2.24, 2.45) is 18.7 Å². The summed E-state index contributed by atoms with van der Waals surface area (Å²) in [7, 11) is 1.53. The lowest BCUT2D eigenvalue weighted by Crippen LogP contribution is -2.42. The molecule has 2 heterocycles. The van der Waals surface area contributed by atoms with Crippen LogP contribution < -0.4 is 22.3 Å². The summed E-state index contributed by atoms with van der Waals surface area (Å²) in [5.74, 6) is 0.169. The van der Waals surface area contributed by atoms with E-state index in [-0.39, 0.29) is 11.2 Å². The van der Waals surface area contributed by atoms with Crippen LogP contribution in [0.1, 0.15) is 25.8 Å². The molecule has 0 aliphatic heterocycles. The van der Waals surface area contributed by atoms with E-state index in [9.17, 15) is 14.4 Å². The number of nitrogens with one attached hydrogen (secondary N) is 1. The van der Waals surface area contributed by atoms with Gasteiger partial charge in [0.1, 0.15) is 6.54 Å². The highest BCUT2D eigenvalue weighted by atomic mass is 16.2. The van der Waals surface area contributed by atoms with Gasteiger partial charge in [0, 0.05) is 20.1 Å². The molecule has 9 heteroatoms. The second-order valence-electron chi connectivity index (χ2n) is 7.48. The van der Waals surface area contributed by atoms with Gasteiger partial charge in [0.25, 0.3) is 5.56 Å². The first-order chi connectivity index (χ1) is 13.8. The number of hydrogen-bond donors (Lipinski definition) is 2. The summed E-state index contributed by atoms with van der Waals surface area (Å²) < 4.78 is 3.93. The average molecular weight is 398 g/mol. The van der Waals surface area contributed by atoms with Gasteiger partial charge in [-0.1, -0.05) is 44.2 Å².